The number of aromatic nitrogens is 1. The van der Waals surface area contributed by atoms with Gasteiger partial charge < -0.3 is 33.9 Å². The highest BCUT2D eigenvalue weighted by Gasteiger charge is 2.37. The molecule has 1 fully saturated rings. The number of rotatable bonds is 9. The van der Waals surface area contributed by atoms with Crippen LogP contribution < -0.4 is 14.8 Å². The minimum Gasteiger partial charge on any atom is -0.493 e. The van der Waals surface area contributed by atoms with Gasteiger partial charge in [0.15, 0.2) is 11.5 Å². The van der Waals surface area contributed by atoms with E-state index < -0.39 is 18.0 Å². The molecule has 0 bridgehead atoms. The number of piperazine rings is 1. The first-order valence-corrected chi connectivity index (χ1v) is 14.3. The van der Waals surface area contributed by atoms with E-state index in [0.717, 1.165) is 67.8 Å². The van der Waals surface area contributed by atoms with Crippen molar-refractivity contribution in [2.24, 2.45) is 0 Å². The summed E-state index contributed by atoms with van der Waals surface area (Å²) in [7, 11) is 2.84. The maximum Gasteiger partial charge on any atom is 0.328 e. The first kappa shape index (κ1) is 29.3. The number of fused-ring (bicyclic) bond motifs is 3. The van der Waals surface area contributed by atoms with E-state index in [2.05, 4.69) is 26.9 Å². The van der Waals surface area contributed by atoms with Gasteiger partial charge in [0.1, 0.15) is 6.04 Å². The highest BCUT2D eigenvalue weighted by molar-refractivity contribution is 5.96. The van der Waals surface area contributed by atoms with Crippen LogP contribution >= 0.6 is 0 Å². The molecule has 1 aromatic heterocycles. The molecule has 1 amide bonds. The molecule has 222 valence electrons. The molecule has 3 heterocycles. The third kappa shape index (κ3) is 6.34. The van der Waals surface area contributed by atoms with Crippen LogP contribution in [0.3, 0.4) is 0 Å². The van der Waals surface area contributed by atoms with Crippen molar-refractivity contribution in [1.29, 1.82) is 0 Å². The van der Waals surface area contributed by atoms with Crippen molar-refractivity contribution in [3.05, 3.63) is 65.4 Å². The standard InChI is InChI=1S/C32H38N4O6/c1-22(37)42-29-11-9-23(19-30(29)40-2)10-12-31(38)36-21-28-25(20-27(36)32(39)41-3)24-7-4-5-8-26(24)35(28)16-6-15-34-17-13-33-14-18-34/h4-5,7-12,19,27,33H,6,13-18,20-21H2,1-3H3/b12-10-/t27-/m0/s1. The average Bonchev–Trinajstić information content (AvgIpc) is 3.32. The molecule has 0 radical (unpaired) electrons. The van der Waals surface area contributed by atoms with Gasteiger partial charge in [-0.25, -0.2) is 4.79 Å². The van der Waals surface area contributed by atoms with Gasteiger partial charge in [-0.05, 0) is 48.4 Å². The summed E-state index contributed by atoms with van der Waals surface area (Å²) >= 11 is 0. The normalized spacial score (nSPS) is 17.3. The molecule has 2 aliphatic heterocycles. The van der Waals surface area contributed by atoms with Crippen LogP contribution in [0.4, 0.5) is 0 Å². The van der Waals surface area contributed by atoms with Crippen molar-refractivity contribution in [3.63, 3.8) is 0 Å². The van der Waals surface area contributed by atoms with Gasteiger partial charge in [0.25, 0.3) is 0 Å². The summed E-state index contributed by atoms with van der Waals surface area (Å²) in [5, 5.41) is 4.52. The van der Waals surface area contributed by atoms with Gasteiger partial charge >= 0.3 is 11.9 Å². The lowest BCUT2D eigenvalue weighted by atomic mass is 9.96. The number of para-hydroxylation sites is 1. The van der Waals surface area contributed by atoms with Crippen molar-refractivity contribution < 1.29 is 28.6 Å². The van der Waals surface area contributed by atoms with Crippen LogP contribution in [0.2, 0.25) is 0 Å². The molecule has 0 spiro atoms. The van der Waals surface area contributed by atoms with E-state index in [0.29, 0.717) is 30.0 Å². The minimum absolute atomic E-state index is 0.295. The second-order valence-electron chi connectivity index (χ2n) is 10.6. The minimum atomic E-state index is -0.736. The maximum absolute atomic E-state index is 13.6. The maximum atomic E-state index is 13.6. The lowest BCUT2D eigenvalue weighted by Crippen LogP contribution is -2.49. The Morgan fingerprint density at radius 1 is 1.02 bits per heavy atom. The smallest absolute Gasteiger partial charge is 0.328 e. The number of aryl methyl sites for hydroxylation is 1. The largest absolute Gasteiger partial charge is 0.493 e. The molecule has 0 unspecified atom stereocenters. The van der Waals surface area contributed by atoms with Crippen molar-refractivity contribution in [2.45, 2.75) is 38.9 Å². The molecule has 0 saturated carbocycles. The molecule has 1 atom stereocenters. The monoisotopic (exact) mass is 574 g/mol. The van der Waals surface area contributed by atoms with Gasteiger partial charge in [-0.3, -0.25) is 9.59 Å². The predicted molar refractivity (Wildman–Crippen MR) is 159 cm³/mol. The number of hydrogen-bond acceptors (Lipinski definition) is 8. The van der Waals surface area contributed by atoms with Crippen molar-refractivity contribution in [1.82, 2.24) is 19.7 Å². The average molecular weight is 575 g/mol. The fraction of sp³-hybridized carbons (Fsp3) is 0.406. The van der Waals surface area contributed by atoms with Crippen LogP contribution in [0, 0.1) is 0 Å². The molecule has 3 aromatic rings. The second-order valence-corrected chi connectivity index (χ2v) is 10.6. The Balaban J connectivity index is 1.41. The molecule has 10 nitrogen and oxygen atoms in total. The summed E-state index contributed by atoms with van der Waals surface area (Å²) in [6, 6.07) is 12.6. The van der Waals surface area contributed by atoms with Crippen LogP contribution in [-0.2, 0) is 38.6 Å². The van der Waals surface area contributed by atoms with Crippen LogP contribution in [0.1, 0.15) is 30.2 Å². The number of carbonyl (C=O) groups excluding carboxylic acids is 3. The second kappa shape index (κ2) is 13.2. The summed E-state index contributed by atoms with van der Waals surface area (Å²) in [6.07, 6.45) is 4.50. The number of hydrogen-bond donors (Lipinski definition) is 1. The Labute approximate surface area is 245 Å². The van der Waals surface area contributed by atoms with Gasteiger partial charge in [0, 0.05) is 68.7 Å². The number of nitrogens with zero attached hydrogens (tertiary/aromatic N) is 3. The number of esters is 2. The first-order chi connectivity index (χ1) is 20.4. The lowest BCUT2D eigenvalue weighted by molar-refractivity contribution is -0.152. The molecule has 1 saturated heterocycles. The molecular weight excluding hydrogens is 536 g/mol. The van der Waals surface area contributed by atoms with E-state index in [9.17, 15) is 14.4 Å². The van der Waals surface area contributed by atoms with E-state index in [1.54, 1.807) is 29.2 Å². The van der Waals surface area contributed by atoms with Gasteiger partial charge in [0.2, 0.25) is 5.91 Å². The Bertz CT molecular complexity index is 1490. The zero-order valence-corrected chi connectivity index (χ0v) is 24.4. The van der Waals surface area contributed by atoms with Gasteiger partial charge in [0.05, 0.1) is 20.8 Å². The quantitative estimate of drug-likeness (QED) is 0.237. The zero-order chi connectivity index (χ0) is 29.6. The fourth-order valence-corrected chi connectivity index (χ4v) is 5.92. The Kier molecular flexibility index (Phi) is 9.24. The lowest BCUT2D eigenvalue weighted by Gasteiger charge is -2.34. The van der Waals surface area contributed by atoms with Gasteiger partial charge in [-0.2, -0.15) is 0 Å². The van der Waals surface area contributed by atoms with Crippen molar-refractivity contribution in [3.8, 4) is 11.5 Å². The van der Waals surface area contributed by atoms with Crippen LogP contribution in [0.5, 0.6) is 11.5 Å². The molecule has 5 rings (SSSR count). The van der Waals surface area contributed by atoms with E-state index in [4.69, 9.17) is 14.2 Å². The van der Waals surface area contributed by atoms with Crippen molar-refractivity contribution in [2.75, 3.05) is 46.9 Å². The summed E-state index contributed by atoms with van der Waals surface area (Å²) in [4.78, 5) is 42.0. The summed E-state index contributed by atoms with van der Waals surface area (Å²) in [5.74, 6) is -0.513. The highest BCUT2D eigenvalue weighted by atomic mass is 16.6. The first-order valence-electron chi connectivity index (χ1n) is 14.3. The summed E-state index contributed by atoms with van der Waals surface area (Å²) < 4.78 is 18.0. The van der Waals surface area contributed by atoms with Crippen LogP contribution in [0.15, 0.2) is 48.5 Å². The molecule has 2 aliphatic rings. The number of methoxy groups -OCH3 is 2. The zero-order valence-electron chi connectivity index (χ0n) is 24.4. The number of ether oxygens (including phenoxy) is 3. The molecular formula is C32H38N4O6. The van der Waals surface area contributed by atoms with E-state index >= 15 is 0 Å². The highest BCUT2D eigenvalue weighted by Crippen LogP contribution is 2.34. The Morgan fingerprint density at radius 3 is 2.55 bits per heavy atom. The van der Waals surface area contributed by atoms with Crippen LogP contribution in [-0.4, -0.2) is 85.2 Å². The molecule has 42 heavy (non-hydrogen) atoms. The third-order valence-electron chi connectivity index (χ3n) is 7.97. The SMILES string of the molecule is COC(=O)[C@@H]1Cc2c(n(CCCN3CCNCC3)c3ccccc23)CN1C(=O)/C=C\c1ccc(OC(C)=O)c(OC)c1. The third-order valence-corrected chi connectivity index (χ3v) is 7.97. The molecule has 1 N–H and O–H groups in total. The van der Waals surface area contributed by atoms with E-state index in [1.165, 1.54) is 27.2 Å². The predicted octanol–water partition coefficient (Wildman–Crippen LogP) is 3.01. The number of carbonyl (C=O) groups is 3. The number of amides is 1. The number of benzene rings is 2. The van der Waals surface area contributed by atoms with Gasteiger partial charge in [-0.15, -0.1) is 0 Å². The Morgan fingerprint density at radius 2 is 1.81 bits per heavy atom. The Hall–Kier alpha value is -4.15. The summed E-state index contributed by atoms with van der Waals surface area (Å²) in [6.45, 7) is 7.61. The van der Waals surface area contributed by atoms with Crippen molar-refractivity contribution >= 4 is 34.8 Å². The number of nitrogens with one attached hydrogen (secondary N) is 1. The topological polar surface area (TPSA) is 102 Å². The molecule has 0 aliphatic carbocycles. The fourth-order valence-electron chi connectivity index (χ4n) is 5.92. The van der Waals surface area contributed by atoms with E-state index in [-0.39, 0.29) is 5.91 Å². The van der Waals surface area contributed by atoms with Crippen LogP contribution in [0.25, 0.3) is 17.0 Å². The van der Waals surface area contributed by atoms with Gasteiger partial charge in [-0.1, -0.05) is 24.3 Å². The molecule has 10 heteroatoms. The molecule has 2 aromatic carbocycles. The van der Waals surface area contributed by atoms with E-state index in [1.807, 2.05) is 12.1 Å². The summed E-state index contributed by atoms with van der Waals surface area (Å²) in [5.41, 5.74) is 3.97.